The van der Waals surface area contributed by atoms with Gasteiger partial charge in [0.2, 0.25) is 10.0 Å². The number of nitrogens with one attached hydrogen (secondary N) is 1. The molecule has 2 aromatic heterocycles. The molecule has 170 valence electrons. The number of anilines is 1. The van der Waals surface area contributed by atoms with Crippen molar-refractivity contribution < 1.29 is 22.4 Å². The van der Waals surface area contributed by atoms with E-state index in [4.69, 9.17) is 9.15 Å². The van der Waals surface area contributed by atoms with E-state index in [1.54, 1.807) is 18.4 Å². The first-order valence-electron chi connectivity index (χ1n) is 10.4. The molecule has 1 fully saturated rings. The van der Waals surface area contributed by atoms with Crippen LogP contribution in [0.4, 0.5) is 5.13 Å². The first-order valence-corrected chi connectivity index (χ1v) is 12.7. The third-order valence-corrected chi connectivity index (χ3v) is 8.12. The molecule has 1 aliphatic rings. The number of hydrogen-bond donors (Lipinski definition) is 1. The van der Waals surface area contributed by atoms with E-state index >= 15 is 0 Å². The Bertz CT molecular complexity index is 1400. The topological polar surface area (TPSA) is 102 Å². The number of sulfonamides is 1. The zero-order chi connectivity index (χ0) is 23.0. The number of fused-ring (bicyclic) bond motifs is 1. The lowest BCUT2D eigenvalue weighted by molar-refractivity contribution is 0.0730. The maximum absolute atomic E-state index is 13.0. The molecule has 4 aromatic rings. The second-order valence-corrected chi connectivity index (χ2v) is 10.4. The highest BCUT2D eigenvalue weighted by atomic mass is 32.2. The molecule has 8 nitrogen and oxygen atoms in total. The van der Waals surface area contributed by atoms with Crippen LogP contribution in [0.5, 0.6) is 0 Å². The molecule has 0 aliphatic carbocycles. The van der Waals surface area contributed by atoms with Crippen molar-refractivity contribution in [3.63, 3.8) is 0 Å². The average Bonchev–Trinajstić information content (AvgIpc) is 3.46. The molecule has 1 aliphatic heterocycles. The van der Waals surface area contributed by atoms with Gasteiger partial charge in [0, 0.05) is 29.4 Å². The number of para-hydroxylation sites is 1. The van der Waals surface area contributed by atoms with Crippen LogP contribution in [0.1, 0.15) is 15.9 Å². The van der Waals surface area contributed by atoms with Gasteiger partial charge in [-0.15, -0.1) is 11.3 Å². The Morgan fingerprint density at radius 2 is 1.91 bits per heavy atom. The SMILES string of the molecule is Cc1ccc(S(=O)(=O)N2CCOCC2)cc1C(=O)Nc1nc(-c2cc3ccccc3o2)cs1. The number of benzene rings is 2. The van der Waals surface area contributed by atoms with Crippen molar-refractivity contribution >= 4 is 43.4 Å². The van der Waals surface area contributed by atoms with E-state index in [9.17, 15) is 13.2 Å². The summed E-state index contributed by atoms with van der Waals surface area (Å²) >= 11 is 1.27. The lowest BCUT2D eigenvalue weighted by Crippen LogP contribution is -2.40. The molecular weight excluding hydrogens is 462 g/mol. The summed E-state index contributed by atoms with van der Waals surface area (Å²) in [5.41, 5.74) is 2.33. The van der Waals surface area contributed by atoms with Crippen molar-refractivity contribution in [3.8, 4) is 11.5 Å². The van der Waals surface area contributed by atoms with Crippen LogP contribution in [0.2, 0.25) is 0 Å². The van der Waals surface area contributed by atoms with Crippen LogP contribution in [-0.2, 0) is 14.8 Å². The minimum Gasteiger partial charge on any atom is -0.454 e. The summed E-state index contributed by atoms with van der Waals surface area (Å²) < 4.78 is 38.4. The normalized spacial score (nSPS) is 15.1. The average molecular weight is 484 g/mol. The molecular formula is C23H21N3O5S2. The van der Waals surface area contributed by atoms with Crippen molar-refractivity contribution in [3.05, 3.63) is 65.0 Å². The zero-order valence-corrected chi connectivity index (χ0v) is 19.4. The molecule has 1 saturated heterocycles. The van der Waals surface area contributed by atoms with E-state index in [1.165, 1.54) is 27.8 Å². The second kappa shape index (κ2) is 8.71. The number of carbonyl (C=O) groups excluding carboxylic acids is 1. The molecule has 5 rings (SSSR count). The maximum atomic E-state index is 13.0. The van der Waals surface area contributed by atoms with Crippen LogP contribution in [-0.4, -0.2) is 49.9 Å². The fourth-order valence-electron chi connectivity index (χ4n) is 3.66. The van der Waals surface area contributed by atoms with Crippen LogP contribution in [0.3, 0.4) is 0 Å². The first-order chi connectivity index (χ1) is 15.9. The molecule has 10 heteroatoms. The number of nitrogens with zero attached hydrogens (tertiary/aromatic N) is 2. The lowest BCUT2D eigenvalue weighted by atomic mass is 10.1. The minimum atomic E-state index is -3.70. The van der Waals surface area contributed by atoms with Crippen molar-refractivity contribution in [2.75, 3.05) is 31.6 Å². The van der Waals surface area contributed by atoms with Gasteiger partial charge in [0.05, 0.1) is 18.1 Å². The number of ether oxygens (including phenoxy) is 1. The maximum Gasteiger partial charge on any atom is 0.257 e. The number of morpholine rings is 1. The van der Waals surface area contributed by atoms with Crippen LogP contribution in [0, 0.1) is 6.92 Å². The van der Waals surface area contributed by atoms with Gasteiger partial charge in [0.1, 0.15) is 11.3 Å². The molecule has 33 heavy (non-hydrogen) atoms. The highest BCUT2D eigenvalue weighted by molar-refractivity contribution is 7.89. The number of amides is 1. The van der Waals surface area contributed by atoms with Crippen LogP contribution in [0.25, 0.3) is 22.4 Å². The summed E-state index contributed by atoms with van der Waals surface area (Å²) in [6.07, 6.45) is 0. The second-order valence-electron chi connectivity index (χ2n) is 7.63. The molecule has 0 atom stereocenters. The summed E-state index contributed by atoms with van der Waals surface area (Å²) in [5.74, 6) is 0.194. The minimum absolute atomic E-state index is 0.0854. The van der Waals surface area contributed by atoms with Gasteiger partial charge < -0.3 is 9.15 Å². The van der Waals surface area contributed by atoms with Gasteiger partial charge in [-0.05, 0) is 36.8 Å². The first kappa shape index (κ1) is 21.8. The number of aryl methyl sites for hydroxylation is 1. The summed E-state index contributed by atoms with van der Waals surface area (Å²) in [6, 6.07) is 14.2. The van der Waals surface area contributed by atoms with E-state index in [0.29, 0.717) is 48.5 Å². The molecule has 0 radical (unpaired) electrons. The van der Waals surface area contributed by atoms with Gasteiger partial charge in [0.15, 0.2) is 10.9 Å². The zero-order valence-electron chi connectivity index (χ0n) is 17.8. The molecule has 0 bridgehead atoms. The summed E-state index contributed by atoms with van der Waals surface area (Å²) in [5, 5.41) is 5.96. The number of aromatic nitrogens is 1. The highest BCUT2D eigenvalue weighted by Crippen LogP contribution is 2.30. The molecule has 0 saturated carbocycles. The molecule has 2 aromatic carbocycles. The quantitative estimate of drug-likeness (QED) is 0.458. The standard InChI is InChI=1S/C23H21N3O5S2/c1-15-6-7-17(33(28,29)26-8-10-30-11-9-26)13-18(15)22(27)25-23-24-19(14-32-23)21-12-16-4-2-3-5-20(16)31-21/h2-7,12-14H,8-11H2,1H3,(H,24,25,27). The fraction of sp³-hybridized carbons (Fsp3) is 0.217. The van der Waals surface area contributed by atoms with Crippen LogP contribution < -0.4 is 5.32 Å². The predicted molar refractivity (Wildman–Crippen MR) is 126 cm³/mol. The third-order valence-electron chi connectivity index (χ3n) is 5.46. The van der Waals surface area contributed by atoms with Crippen LogP contribution in [0.15, 0.2) is 63.2 Å². The lowest BCUT2D eigenvalue weighted by Gasteiger charge is -2.26. The van der Waals surface area contributed by atoms with E-state index < -0.39 is 15.9 Å². The monoisotopic (exact) mass is 483 g/mol. The Morgan fingerprint density at radius 1 is 1.12 bits per heavy atom. The number of furan rings is 1. The Kier molecular flexibility index (Phi) is 5.75. The summed E-state index contributed by atoms with van der Waals surface area (Å²) in [6.45, 7) is 3.07. The Labute approximate surface area is 194 Å². The van der Waals surface area contributed by atoms with Crippen molar-refractivity contribution in [1.29, 1.82) is 0 Å². The van der Waals surface area contributed by atoms with Crippen molar-refractivity contribution in [2.45, 2.75) is 11.8 Å². The molecule has 3 heterocycles. The Morgan fingerprint density at radius 3 is 2.70 bits per heavy atom. The molecule has 1 amide bonds. The van der Waals surface area contributed by atoms with Gasteiger partial charge in [0.25, 0.3) is 5.91 Å². The number of hydrogen-bond acceptors (Lipinski definition) is 7. The van der Waals surface area contributed by atoms with Crippen molar-refractivity contribution in [2.24, 2.45) is 0 Å². The number of thiazole rings is 1. The van der Waals surface area contributed by atoms with E-state index in [-0.39, 0.29) is 10.5 Å². The van der Waals surface area contributed by atoms with Crippen LogP contribution >= 0.6 is 11.3 Å². The predicted octanol–water partition coefficient (Wildman–Crippen LogP) is 4.14. The van der Waals surface area contributed by atoms with Gasteiger partial charge >= 0.3 is 0 Å². The Hall–Kier alpha value is -3.05. The molecule has 0 spiro atoms. The fourth-order valence-corrected chi connectivity index (χ4v) is 5.79. The van der Waals surface area contributed by atoms with E-state index in [2.05, 4.69) is 10.3 Å². The van der Waals surface area contributed by atoms with E-state index in [1.807, 2.05) is 30.3 Å². The van der Waals surface area contributed by atoms with Gasteiger partial charge in [-0.2, -0.15) is 4.31 Å². The van der Waals surface area contributed by atoms with E-state index in [0.717, 1.165) is 11.0 Å². The van der Waals surface area contributed by atoms with Crippen molar-refractivity contribution in [1.82, 2.24) is 9.29 Å². The largest absolute Gasteiger partial charge is 0.454 e. The number of rotatable bonds is 5. The molecule has 1 N–H and O–H groups in total. The molecule has 0 unspecified atom stereocenters. The number of carbonyl (C=O) groups is 1. The van der Waals surface area contributed by atoms with Gasteiger partial charge in [-0.1, -0.05) is 24.3 Å². The third kappa shape index (κ3) is 4.30. The van der Waals surface area contributed by atoms with Gasteiger partial charge in [-0.25, -0.2) is 13.4 Å². The Balaban J connectivity index is 1.37. The summed E-state index contributed by atoms with van der Waals surface area (Å²) in [7, 11) is -3.70. The summed E-state index contributed by atoms with van der Waals surface area (Å²) in [4.78, 5) is 17.5. The highest BCUT2D eigenvalue weighted by Gasteiger charge is 2.27. The smallest absolute Gasteiger partial charge is 0.257 e. The van der Waals surface area contributed by atoms with Gasteiger partial charge in [-0.3, -0.25) is 10.1 Å².